The Morgan fingerprint density at radius 3 is 2.96 bits per heavy atom. The van der Waals surface area contributed by atoms with Crippen LogP contribution in [0, 0.1) is 5.92 Å². The standard InChI is InChI=1S/C20H27N3O2/c1-2-9-23(10-3-1)19-13-16(7-8-22-19)14-21-15-17-5-4-6-18-20(17)25-12-11-24-18/h4,6-8,13,17,21H,1-3,5,9-12,14-15H2. The van der Waals surface area contributed by atoms with Gasteiger partial charge in [0.15, 0.2) is 5.76 Å². The number of pyridine rings is 1. The van der Waals surface area contributed by atoms with Crippen LogP contribution in [0.5, 0.6) is 0 Å². The van der Waals surface area contributed by atoms with Crippen LogP contribution in [0.3, 0.4) is 0 Å². The van der Waals surface area contributed by atoms with Gasteiger partial charge in [0.1, 0.15) is 24.8 Å². The van der Waals surface area contributed by atoms with Crippen molar-refractivity contribution in [1.29, 1.82) is 0 Å². The molecule has 0 bridgehead atoms. The molecule has 4 rings (SSSR count). The Morgan fingerprint density at radius 1 is 1.16 bits per heavy atom. The van der Waals surface area contributed by atoms with Crippen molar-refractivity contribution >= 4 is 5.82 Å². The Bertz CT molecular complexity index is 650. The predicted molar refractivity (Wildman–Crippen MR) is 98.2 cm³/mol. The molecule has 5 nitrogen and oxygen atoms in total. The summed E-state index contributed by atoms with van der Waals surface area (Å²) in [5.41, 5.74) is 1.29. The fourth-order valence-corrected chi connectivity index (χ4v) is 3.77. The van der Waals surface area contributed by atoms with E-state index in [-0.39, 0.29) is 0 Å². The van der Waals surface area contributed by atoms with E-state index in [0.29, 0.717) is 19.1 Å². The van der Waals surface area contributed by atoms with Crippen LogP contribution in [-0.4, -0.2) is 37.8 Å². The number of hydrogen-bond acceptors (Lipinski definition) is 5. The quantitative estimate of drug-likeness (QED) is 0.892. The van der Waals surface area contributed by atoms with Crippen molar-refractivity contribution in [2.24, 2.45) is 5.92 Å². The van der Waals surface area contributed by atoms with Crippen LogP contribution in [0.25, 0.3) is 0 Å². The molecule has 0 saturated carbocycles. The number of nitrogens with zero attached hydrogens (tertiary/aromatic N) is 2. The molecule has 1 aliphatic carbocycles. The first-order valence-electron chi connectivity index (χ1n) is 9.47. The molecule has 1 aromatic heterocycles. The van der Waals surface area contributed by atoms with Crippen molar-refractivity contribution in [3.8, 4) is 0 Å². The van der Waals surface area contributed by atoms with Gasteiger partial charge in [-0.25, -0.2) is 4.98 Å². The highest BCUT2D eigenvalue weighted by molar-refractivity contribution is 5.41. The molecule has 1 aromatic rings. The minimum Gasteiger partial charge on any atom is -0.490 e. The lowest BCUT2D eigenvalue weighted by Crippen LogP contribution is -2.30. The molecule has 25 heavy (non-hydrogen) atoms. The fraction of sp³-hybridized carbons (Fsp3) is 0.550. The number of ether oxygens (including phenoxy) is 2. The summed E-state index contributed by atoms with van der Waals surface area (Å²) in [7, 11) is 0. The highest BCUT2D eigenvalue weighted by atomic mass is 16.6. The molecule has 1 unspecified atom stereocenters. The van der Waals surface area contributed by atoms with E-state index in [1.807, 2.05) is 12.3 Å². The lowest BCUT2D eigenvalue weighted by molar-refractivity contribution is 0.0494. The lowest BCUT2D eigenvalue weighted by Gasteiger charge is -2.29. The van der Waals surface area contributed by atoms with Crippen molar-refractivity contribution < 1.29 is 9.47 Å². The highest BCUT2D eigenvalue weighted by Crippen LogP contribution is 2.29. The third-order valence-electron chi connectivity index (χ3n) is 5.11. The summed E-state index contributed by atoms with van der Waals surface area (Å²) < 4.78 is 11.5. The molecule has 0 amide bonds. The van der Waals surface area contributed by atoms with Gasteiger partial charge in [-0.1, -0.05) is 6.08 Å². The van der Waals surface area contributed by atoms with Crippen LogP contribution in [-0.2, 0) is 16.0 Å². The first-order chi connectivity index (χ1) is 12.4. The summed E-state index contributed by atoms with van der Waals surface area (Å²) in [6.07, 6.45) is 11.1. The van der Waals surface area contributed by atoms with Crippen molar-refractivity contribution in [2.75, 3.05) is 37.7 Å². The van der Waals surface area contributed by atoms with E-state index >= 15 is 0 Å². The van der Waals surface area contributed by atoms with Crippen molar-refractivity contribution in [1.82, 2.24) is 10.3 Å². The average Bonchev–Trinajstić information content (AvgIpc) is 2.69. The molecule has 0 aromatic carbocycles. The van der Waals surface area contributed by atoms with Gasteiger partial charge in [-0.15, -0.1) is 0 Å². The van der Waals surface area contributed by atoms with Gasteiger partial charge in [-0.05, 0) is 49.5 Å². The summed E-state index contributed by atoms with van der Waals surface area (Å²) >= 11 is 0. The lowest BCUT2D eigenvalue weighted by atomic mass is 9.97. The van der Waals surface area contributed by atoms with Crippen LogP contribution in [0.2, 0.25) is 0 Å². The van der Waals surface area contributed by atoms with E-state index in [2.05, 4.69) is 33.4 Å². The second kappa shape index (κ2) is 7.91. The van der Waals surface area contributed by atoms with Gasteiger partial charge < -0.3 is 19.7 Å². The Morgan fingerprint density at radius 2 is 2.04 bits per heavy atom. The molecular formula is C20H27N3O2. The molecule has 1 atom stereocenters. The summed E-state index contributed by atoms with van der Waals surface area (Å²) in [6, 6.07) is 4.33. The Hall–Kier alpha value is -2.01. The van der Waals surface area contributed by atoms with Gasteiger partial charge in [0.2, 0.25) is 0 Å². The monoisotopic (exact) mass is 341 g/mol. The Kier molecular flexibility index (Phi) is 5.21. The Balaban J connectivity index is 1.33. The van der Waals surface area contributed by atoms with Gasteiger partial charge in [0.05, 0.1) is 0 Å². The zero-order valence-corrected chi connectivity index (χ0v) is 14.7. The van der Waals surface area contributed by atoms with Crippen LogP contribution < -0.4 is 10.2 Å². The Labute approximate surface area is 149 Å². The molecule has 1 fully saturated rings. The highest BCUT2D eigenvalue weighted by Gasteiger charge is 2.25. The second-order valence-electron chi connectivity index (χ2n) is 6.96. The SMILES string of the molecule is C1=CC2=C(OCCO2)C(CNCc2ccnc(N3CCCCC3)c2)C1. The summed E-state index contributed by atoms with van der Waals surface area (Å²) in [4.78, 5) is 6.97. The maximum absolute atomic E-state index is 5.84. The van der Waals surface area contributed by atoms with E-state index in [9.17, 15) is 0 Å². The average molecular weight is 341 g/mol. The molecule has 134 valence electrons. The van der Waals surface area contributed by atoms with Crippen LogP contribution >= 0.6 is 0 Å². The third kappa shape index (κ3) is 3.98. The predicted octanol–water partition coefficient (Wildman–Crippen LogP) is 3.00. The number of allylic oxidation sites excluding steroid dienone is 2. The van der Waals surface area contributed by atoms with E-state index in [1.54, 1.807) is 0 Å². The fourth-order valence-electron chi connectivity index (χ4n) is 3.77. The molecule has 1 N–H and O–H groups in total. The number of piperidine rings is 1. The van der Waals surface area contributed by atoms with Gasteiger partial charge in [-0.2, -0.15) is 0 Å². The maximum Gasteiger partial charge on any atom is 0.157 e. The number of hydrogen-bond donors (Lipinski definition) is 1. The first kappa shape index (κ1) is 16.5. The molecular weight excluding hydrogens is 314 g/mol. The van der Waals surface area contributed by atoms with Crippen LogP contribution in [0.1, 0.15) is 31.2 Å². The summed E-state index contributed by atoms with van der Waals surface area (Å²) in [6.45, 7) is 5.33. The van der Waals surface area contributed by atoms with Crippen LogP contribution in [0.15, 0.2) is 42.0 Å². The molecule has 5 heteroatoms. The molecule has 0 radical (unpaired) electrons. The largest absolute Gasteiger partial charge is 0.490 e. The van der Waals surface area contributed by atoms with E-state index in [0.717, 1.165) is 49.9 Å². The number of rotatable bonds is 5. The smallest absolute Gasteiger partial charge is 0.157 e. The molecule has 3 aliphatic rings. The maximum atomic E-state index is 5.84. The van der Waals surface area contributed by atoms with E-state index < -0.39 is 0 Å². The van der Waals surface area contributed by atoms with Crippen molar-refractivity contribution in [3.05, 3.63) is 47.6 Å². The number of nitrogens with one attached hydrogen (secondary N) is 1. The van der Waals surface area contributed by atoms with Gasteiger partial charge in [0.25, 0.3) is 0 Å². The minimum atomic E-state index is 0.365. The van der Waals surface area contributed by atoms with Gasteiger partial charge >= 0.3 is 0 Å². The summed E-state index contributed by atoms with van der Waals surface area (Å²) in [5.74, 6) is 3.42. The summed E-state index contributed by atoms with van der Waals surface area (Å²) in [5, 5.41) is 3.58. The zero-order valence-electron chi connectivity index (χ0n) is 14.7. The minimum absolute atomic E-state index is 0.365. The molecule has 2 aliphatic heterocycles. The topological polar surface area (TPSA) is 46.6 Å². The molecule has 0 spiro atoms. The van der Waals surface area contributed by atoms with Crippen LogP contribution in [0.4, 0.5) is 5.82 Å². The van der Waals surface area contributed by atoms with Crippen molar-refractivity contribution in [2.45, 2.75) is 32.2 Å². The van der Waals surface area contributed by atoms with E-state index in [4.69, 9.17) is 9.47 Å². The molecule has 1 saturated heterocycles. The number of anilines is 1. The van der Waals surface area contributed by atoms with Crippen molar-refractivity contribution in [3.63, 3.8) is 0 Å². The number of aromatic nitrogens is 1. The molecule has 3 heterocycles. The van der Waals surface area contributed by atoms with Gasteiger partial charge in [-0.3, -0.25) is 0 Å². The first-order valence-corrected chi connectivity index (χ1v) is 9.47. The third-order valence-corrected chi connectivity index (χ3v) is 5.11. The normalized spacial score (nSPS) is 23.0. The second-order valence-corrected chi connectivity index (χ2v) is 6.96. The van der Waals surface area contributed by atoms with Gasteiger partial charge in [0, 0.05) is 38.3 Å². The zero-order chi connectivity index (χ0) is 16.9. The van der Waals surface area contributed by atoms with E-state index in [1.165, 1.54) is 24.8 Å².